The molecule has 0 saturated heterocycles. The largest absolute Gasteiger partial charge is 0.237 e. The number of fused-ring (bicyclic) bond motifs is 1. The van der Waals surface area contributed by atoms with Gasteiger partial charge in [-0.2, -0.15) is 5.10 Å². The van der Waals surface area contributed by atoms with Crippen molar-refractivity contribution in [2.45, 2.75) is 13.8 Å². The van der Waals surface area contributed by atoms with Crippen molar-refractivity contribution in [1.29, 1.82) is 0 Å². The van der Waals surface area contributed by atoms with E-state index in [2.05, 4.69) is 48.2 Å². The van der Waals surface area contributed by atoms with Gasteiger partial charge >= 0.3 is 0 Å². The zero-order valence-corrected chi connectivity index (χ0v) is 10.0. The zero-order chi connectivity index (χ0) is 12.1. The number of aryl methyl sites for hydroxylation is 2. The molecule has 0 aliphatic rings. The number of benzene rings is 1. The number of hydrogen-bond acceptors (Lipinski definition) is 2. The van der Waals surface area contributed by atoms with Crippen molar-refractivity contribution in [3.63, 3.8) is 0 Å². The summed E-state index contributed by atoms with van der Waals surface area (Å²) in [6.45, 7) is 4.21. The van der Waals surface area contributed by atoms with E-state index in [-0.39, 0.29) is 0 Å². The van der Waals surface area contributed by atoms with E-state index in [1.54, 1.807) is 16.9 Å². The Morgan fingerprint density at radius 3 is 2.29 bits per heavy atom. The van der Waals surface area contributed by atoms with Crippen LogP contribution in [0.2, 0.25) is 0 Å². The maximum atomic E-state index is 4.04. The third kappa shape index (κ3) is 3.14. The van der Waals surface area contributed by atoms with Crippen molar-refractivity contribution in [2.75, 3.05) is 0 Å². The van der Waals surface area contributed by atoms with Gasteiger partial charge in [0.05, 0.1) is 6.20 Å². The molecule has 0 bridgehead atoms. The van der Waals surface area contributed by atoms with E-state index in [1.807, 2.05) is 18.3 Å². The Morgan fingerprint density at radius 1 is 0.941 bits per heavy atom. The second-order valence-corrected chi connectivity index (χ2v) is 3.91. The van der Waals surface area contributed by atoms with Gasteiger partial charge in [0.1, 0.15) is 0 Å². The highest BCUT2D eigenvalue weighted by Gasteiger charge is 1.87. The van der Waals surface area contributed by atoms with Crippen LogP contribution in [0.15, 0.2) is 55.0 Å². The number of nitrogens with zero attached hydrogens (tertiary/aromatic N) is 3. The molecule has 3 rings (SSSR count). The first-order valence-corrected chi connectivity index (χ1v) is 5.53. The fraction of sp³-hybridized carbons (Fsp3) is 0.143. The Balaban J connectivity index is 0.000000128. The van der Waals surface area contributed by atoms with Crippen LogP contribution in [-0.2, 0) is 0 Å². The summed E-state index contributed by atoms with van der Waals surface area (Å²) < 4.78 is 1.72. The minimum absolute atomic E-state index is 0.887. The van der Waals surface area contributed by atoms with Gasteiger partial charge < -0.3 is 0 Å². The summed E-state index contributed by atoms with van der Waals surface area (Å²) in [6.07, 6.45) is 5.34. The monoisotopic (exact) mass is 225 g/mol. The topological polar surface area (TPSA) is 30.2 Å². The van der Waals surface area contributed by atoms with Gasteiger partial charge in [-0.25, -0.2) is 9.50 Å². The Bertz CT molecular complexity index is 551. The third-order valence-electron chi connectivity index (χ3n) is 2.34. The molecule has 0 amide bonds. The fourth-order valence-electron chi connectivity index (χ4n) is 1.57. The van der Waals surface area contributed by atoms with E-state index in [4.69, 9.17) is 0 Å². The van der Waals surface area contributed by atoms with Crippen LogP contribution in [0, 0.1) is 13.8 Å². The molecule has 86 valence electrons. The van der Waals surface area contributed by atoms with Gasteiger partial charge in [0.15, 0.2) is 5.65 Å². The van der Waals surface area contributed by atoms with Crippen LogP contribution in [0.1, 0.15) is 11.1 Å². The Hall–Kier alpha value is -2.16. The van der Waals surface area contributed by atoms with E-state index in [0.717, 1.165) is 5.65 Å². The van der Waals surface area contributed by atoms with Gasteiger partial charge in [-0.05, 0) is 19.9 Å². The quantitative estimate of drug-likeness (QED) is 0.588. The maximum Gasteiger partial charge on any atom is 0.154 e. The lowest BCUT2D eigenvalue weighted by Crippen LogP contribution is -1.85. The van der Waals surface area contributed by atoms with E-state index < -0.39 is 0 Å². The molecular formula is C14H15N3. The summed E-state index contributed by atoms with van der Waals surface area (Å²) in [5.74, 6) is 0. The van der Waals surface area contributed by atoms with E-state index in [9.17, 15) is 0 Å². The number of aromatic nitrogens is 3. The normalized spacial score (nSPS) is 9.76. The summed E-state index contributed by atoms with van der Waals surface area (Å²) in [5.41, 5.74) is 3.56. The molecular weight excluding hydrogens is 210 g/mol. The molecule has 2 aromatic heterocycles. The maximum absolute atomic E-state index is 4.04. The molecule has 3 aromatic rings. The molecule has 0 saturated carbocycles. The van der Waals surface area contributed by atoms with Crippen molar-refractivity contribution in [3.8, 4) is 0 Å². The minimum atomic E-state index is 0.887. The van der Waals surface area contributed by atoms with Crippen LogP contribution in [-0.4, -0.2) is 14.6 Å². The molecule has 0 aliphatic carbocycles. The van der Waals surface area contributed by atoms with Crippen molar-refractivity contribution in [1.82, 2.24) is 14.6 Å². The third-order valence-corrected chi connectivity index (χ3v) is 2.34. The number of rotatable bonds is 0. The summed E-state index contributed by atoms with van der Waals surface area (Å²) >= 11 is 0. The van der Waals surface area contributed by atoms with Gasteiger partial charge in [-0.15, -0.1) is 0 Å². The first-order valence-electron chi connectivity index (χ1n) is 5.53. The summed E-state index contributed by atoms with van der Waals surface area (Å²) in [5, 5.41) is 3.97. The van der Waals surface area contributed by atoms with Gasteiger partial charge in [-0.3, -0.25) is 0 Å². The number of hydrogen-bond donors (Lipinski definition) is 0. The van der Waals surface area contributed by atoms with Crippen LogP contribution in [0.4, 0.5) is 0 Å². The molecule has 3 heteroatoms. The molecule has 0 fully saturated rings. The van der Waals surface area contributed by atoms with Crippen molar-refractivity contribution >= 4 is 5.65 Å². The lowest BCUT2D eigenvalue weighted by molar-refractivity contribution is 0.939. The Morgan fingerprint density at radius 2 is 1.71 bits per heavy atom. The van der Waals surface area contributed by atoms with Crippen molar-refractivity contribution in [3.05, 3.63) is 66.1 Å². The average molecular weight is 225 g/mol. The van der Waals surface area contributed by atoms with Crippen LogP contribution < -0.4 is 0 Å². The Kier molecular flexibility index (Phi) is 3.50. The van der Waals surface area contributed by atoms with Gasteiger partial charge in [0.2, 0.25) is 0 Å². The second-order valence-electron chi connectivity index (χ2n) is 3.91. The van der Waals surface area contributed by atoms with Crippen molar-refractivity contribution < 1.29 is 0 Å². The SMILES string of the molecule is Cc1cccc(C)c1.c1cnc2ccnn2c1. The van der Waals surface area contributed by atoms with Crippen LogP contribution in [0.3, 0.4) is 0 Å². The average Bonchev–Trinajstić information content (AvgIpc) is 2.77. The first kappa shape index (κ1) is 11.3. The highest BCUT2D eigenvalue weighted by molar-refractivity contribution is 5.34. The standard InChI is InChI=1S/C8H10.C6H5N3/c1-7-4-3-5-8(2)6-7;1-3-7-6-2-4-8-9(6)5-1/h3-6H,1-2H3;1-5H. The van der Waals surface area contributed by atoms with Crippen LogP contribution in [0.25, 0.3) is 5.65 Å². The van der Waals surface area contributed by atoms with E-state index >= 15 is 0 Å². The Labute approximate surface area is 101 Å². The van der Waals surface area contributed by atoms with E-state index in [1.165, 1.54) is 11.1 Å². The highest BCUT2D eigenvalue weighted by Crippen LogP contribution is 2.00. The molecule has 3 nitrogen and oxygen atoms in total. The molecule has 0 spiro atoms. The summed E-state index contributed by atoms with van der Waals surface area (Å²) in [4.78, 5) is 4.04. The first-order chi connectivity index (χ1) is 8.25. The predicted molar refractivity (Wildman–Crippen MR) is 68.9 cm³/mol. The zero-order valence-electron chi connectivity index (χ0n) is 10.0. The highest BCUT2D eigenvalue weighted by atomic mass is 15.2. The molecule has 0 aliphatic heterocycles. The van der Waals surface area contributed by atoms with Crippen LogP contribution in [0.5, 0.6) is 0 Å². The molecule has 0 unspecified atom stereocenters. The van der Waals surface area contributed by atoms with Crippen LogP contribution >= 0.6 is 0 Å². The van der Waals surface area contributed by atoms with Gasteiger partial charge in [0, 0.05) is 18.5 Å². The summed E-state index contributed by atoms with van der Waals surface area (Å²) in [7, 11) is 0. The molecule has 0 radical (unpaired) electrons. The summed E-state index contributed by atoms with van der Waals surface area (Å²) in [6, 6.07) is 12.2. The van der Waals surface area contributed by atoms with E-state index in [0.29, 0.717) is 0 Å². The predicted octanol–water partition coefficient (Wildman–Crippen LogP) is 3.03. The molecule has 17 heavy (non-hydrogen) atoms. The second kappa shape index (κ2) is 5.25. The smallest absolute Gasteiger partial charge is 0.154 e. The fourth-order valence-corrected chi connectivity index (χ4v) is 1.57. The van der Waals surface area contributed by atoms with Crippen molar-refractivity contribution in [2.24, 2.45) is 0 Å². The van der Waals surface area contributed by atoms with Gasteiger partial charge in [-0.1, -0.05) is 35.4 Å². The lowest BCUT2D eigenvalue weighted by Gasteiger charge is -1.90. The lowest BCUT2D eigenvalue weighted by atomic mass is 10.2. The van der Waals surface area contributed by atoms with Gasteiger partial charge in [0.25, 0.3) is 0 Å². The molecule has 2 heterocycles. The molecule has 0 atom stereocenters. The molecule has 0 N–H and O–H groups in total. The molecule has 1 aromatic carbocycles. The minimum Gasteiger partial charge on any atom is -0.237 e.